The SMILES string of the molecule is CCCc1c(-c2ccc3cccnc3c2)[nH]cnc1=S. The first-order chi connectivity index (χ1) is 9.79. The Morgan fingerprint density at radius 2 is 2.10 bits per heavy atom. The molecule has 100 valence electrons. The standard InChI is InChI=1S/C16H15N3S/c1-2-4-13-15(18-10-19-16(13)20)12-7-6-11-5-3-8-17-14(11)9-12/h3,5-10H,2,4H2,1H3,(H,18,19,20). The van der Waals surface area contributed by atoms with Gasteiger partial charge in [0.25, 0.3) is 0 Å². The number of pyridine rings is 1. The minimum absolute atomic E-state index is 0.682. The number of rotatable bonds is 3. The molecule has 0 aliphatic heterocycles. The van der Waals surface area contributed by atoms with Crippen molar-refractivity contribution in [2.75, 3.05) is 0 Å². The highest BCUT2D eigenvalue weighted by Crippen LogP contribution is 2.25. The van der Waals surface area contributed by atoms with Crippen molar-refractivity contribution in [3.05, 3.63) is 53.1 Å². The van der Waals surface area contributed by atoms with Crippen LogP contribution in [0, 0.1) is 4.64 Å². The fourth-order valence-corrected chi connectivity index (χ4v) is 2.65. The smallest absolute Gasteiger partial charge is 0.133 e. The third-order valence-electron chi connectivity index (χ3n) is 3.35. The normalized spacial score (nSPS) is 10.8. The lowest BCUT2D eigenvalue weighted by Gasteiger charge is -2.09. The molecule has 0 saturated carbocycles. The number of fused-ring (bicyclic) bond motifs is 1. The van der Waals surface area contributed by atoms with Crippen molar-refractivity contribution in [1.29, 1.82) is 0 Å². The summed E-state index contributed by atoms with van der Waals surface area (Å²) in [5.74, 6) is 0. The van der Waals surface area contributed by atoms with E-state index in [-0.39, 0.29) is 0 Å². The Hall–Kier alpha value is -2.07. The van der Waals surface area contributed by atoms with Gasteiger partial charge in [-0.15, -0.1) is 0 Å². The molecule has 0 spiro atoms. The molecule has 0 atom stereocenters. The quantitative estimate of drug-likeness (QED) is 0.727. The van der Waals surface area contributed by atoms with Crippen molar-refractivity contribution in [3.63, 3.8) is 0 Å². The molecule has 0 aliphatic carbocycles. The number of nitrogens with zero attached hydrogens (tertiary/aromatic N) is 2. The van der Waals surface area contributed by atoms with Gasteiger partial charge in [0.05, 0.1) is 17.5 Å². The number of aromatic nitrogens is 3. The first kappa shape index (κ1) is 12.9. The Morgan fingerprint density at radius 1 is 1.20 bits per heavy atom. The summed E-state index contributed by atoms with van der Waals surface area (Å²) in [6, 6.07) is 10.3. The van der Waals surface area contributed by atoms with Crippen molar-refractivity contribution in [3.8, 4) is 11.3 Å². The lowest BCUT2D eigenvalue weighted by molar-refractivity contribution is 0.898. The summed E-state index contributed by atoms with van der Waals surface area (Å²) in [5.41, 5.74) is 4.26. The van der Waals surface area contributed by atoms with E-state index < -0.39 is 0 Å². The van der Waals surface area contributed by atoms with Gasteiger partial charge in [-0.3, -0.25) is 4.98 Å². The van der Waals surface area contributed by atoms with Crippen molar-refractivity contribution in [2.24, 2.45) is 0 Å². The Kier molecular flexibility index (Phi) is 3.56. The summed E-state index contributed by atoms with van der Waals surface area (Å²) in [5, 5.41) is 1.14. The van der Waals surface area contributed by atoms with Crippen LogP contribution in [0.25, 0.3) is 22.2 Å². The molecule has 20 heavy (non-hydrogen) atoms. The lowest BCUT2D eigenvalue weighted by atomic mass is 10.0. The highest BCUT2D eigenvalue weighted by Gasteiger charge is 2.08. The fourth-order valence-electron chi connectivity index (χ4n) is 2.39. The Morgan fingerprint density at radius 3 is 2.95 bits per heavy atom. The molecule has 0 saturated heterocycles. The molecular weight excluding hydrogens is 266 g/mol. The molecule has 0 aliphatic rings. The van der Waals surface area contributed by atoms with E-state index in [0.29, 0.717) is 4.64 Å². The predicted octanol–water partition coefficient (Wildman–Crippen LogP) is 4.31. The van der Waals surface area contributed by atoms with Gasteiger partial charge in [0.1, 0.15) is 4.64 Å². The van der Waals surface area contributed by atoms with Crippen LogP contribution in [0.5, 0.6) is 0 Å². The van der Waals surface area contributed by atoms with Gasteiger partial charge < -0.3 is 4.98 Å². The van der Waals surface area contributed by atoms with E-state index >= 15 is 0 Å². The van der Waals surface area contributed by atoms with Crippen LogP contribution < -0.4 is 0 Å². The third-order valence-corrected chi connectivity index (χ3v) is 3.70. The molecule has 0 fully saturated rings. The lowest BCUT2D eigenvalue weighted by Crippen LogP contribution is -1.96. The van der Waals surface area contributed by atoms with Gasteiger partial charge >= 0.3 is 0 Å². The monoisotopic (exact) mass is 281 g/mol. The highest BCUT2D eigenvalue weighted by molar-refractivity contribution is 7.71. The third kappa shape index (κ3) is 2.34. The largest absolute Gasteiger partial charge is 0.346 e. The minimum Gasteiger partial charge on any atom is -0.346 e. The van der Waals surface area contributed by atoms with Crippen molar-refractivity contribution >= 4 is 23.1 Å². The van der Waals surface area contributed by atoms with Crippen LogP contribution in [0.4, 0.5) is 0 Å². The average Bonchev–Trinajstić information content (AvgIpc) is 2.49. The zero-order chi connectivity index (χ0) is 13.9. The van der Waals surface area contributed by atoms with E-state index in [1.54, 1.807) is 6.33 Å². The van der Waals surface area contributed by atoms with Gasteiger partial charge in [0.15, 0.2) is 0 Å². The fraction of sp³-hybridized carbons (Fsp3) is 0.188. The van der Waals surface area contributed by atoms with Crippen molar-refractivity contribution < 1.29 is 0 Å². The number of benzene rings is 1. The van der Waals surface area contributed by atoms with Crippen LogP contribution in [0.2, 0.25) is 0 Å². The maximum Gasteiger partial charge on any atom is 0.133 e. The number of hydrogen-bond acceptors (Lipinski definition) is 3. The predicted molar refractivity (Wildman–Crippen MR) is 84.2 cm³/mol. The van der Waals surface area contributed by atoms with Crippen LogP contribution in [-0.2, 0) is 6.42 Å². The molecule has 3 rings (SSSR count). The highest BCUT2D eigenvalue weighted by atomic mass is 32.1. The molecule has 0 unspecified atom stereocenters. The van der Waals surface area contributed by atoms with Gasteiger partial charge in [-0.25, -0.2) is 4.98 Å². The van der Waals surface area contributed by atoms with Gasteiger partial charge in [-0.05, 0) is 18.6 Å². The van der Waals surface area contributed by atoms with E-state index in [9.17, 15) is 0 Å². The zero-order valence-electron chi connectivity index (χ0n) is 11.3. The van der Waals surface area contributed by atoms with Gasteiger partial charge in [0.2, 0.25) is 0 Å². The topological polar surface area (TPSA) is 41.6 Å². The number of nitrogens with one attached hydrogen (secondary N) is 1. The minimum atomic E-state index is 0.682. The molecule has 0 radical (unpaired) electrons. The second kappa shape index (κ2) is 5.51. The molecule has 1 N–H and O–H groups in total. The maximum absolute atomic E-state index is 5.35. The van der Waals surface area contributed by atoms with E-state index in [4.69, 9.17) is 12.2 Å². The summed E-state index contributed by atoms with van der Waals surface area (Å²) in [4.78, 5) is 11.8. The van der Waals surface area contributed by atoms with Crippen LogP contribution in [0.15, 0.2) is 42.9 Å². The van der Waals surface area contributed by atoms with Gasteiger partial charge in [-0.2, -0.15) is 0 Å². The number of H-pyrrole nitrogens is 1. The Bertz CT molecular complexity index is 808. The molecule has 3 nitrogen and oxygen atoms in total. The van der Waals surface area contributed by atoms with Crippen molar-refractivity contribution in [2.45, 2.75) is 19.8 Å². The van der Waals surface area contributed by atoms with Gasteiger partial charge in [-0.1, -0.05) is 43.8 Å². The number of aromatic amines is 1. The maximum atomic E-state index is 5.35. The zero-order valence-corrected chi connectivity index (χ0v) is 12.1. The van der Waals surface area contributed by atoms with Crippen LogP contribution >= 0.6 is 12.2 Å². The second-order valence-electron chi connectivity index (χ2n) is 4.72. The van der Waals surface area contributed by atoms with Crippen LogP contribution in [0.3, 0.4) is 0 Å². The summed E-state index contributed by atoms with van der Waals surface area (Å²) < 4.78 is 0.682. The van der Waals surface area contributed by atoms with Gasteiger partial charge in [0, 0.05) is 22.7 Å². The molecule has 4 heteroatoms. The molecule has 0 amide bonds. The molecule has 3 aromatic rings. The summed E-state index contributed by atoms with van der Waals surface area (Å²) in [6.45, 7) is 2.15. The second-order valence-corrected chi connectivity index (χ2v) is 5.11. The van der Waals surface area contributed by atoms with E-state index in [1.165, 1.54) is 0 Å². The Balaban J connectivity index is 2.20. The van der Waals surface area contributed by atoms with E-state index in [0.717, 1.165) is 40.6 Å². The first-order valence-corrected chi connectivity index (χ1v) is 7.12. The van der Waals surface area contributed by atoms with Crippen LogP contribution in [0.1, 0.15) is 18.9 Å². The number of hydrogen-bond donors (Lipinski definition) is 1. The molecule has 2 aromatic heterocycles. The first-order valence-electron chi connectivity index (χ1n) is 6.71. The molecular formula is C16H15N3S. The van der Waals surface area contributed by atoms with E-state index in [2.05, 4.69) is 46.1 Å². The molecule has 2 heterocycles. The van der Waals surface area contributed by atoms with Crippen LogP contribution in [-0.4, -0.2) is 15.0 Å². The summed E-state index contributed by atoms with van der Waals surface area (Å²) in [7, 11) is 0. The molecule has 1 aromatic carbocycles. The summed E-state index contributed by atoms with van der Waals surface area (Å²) in [6.07, 6.45) is 5.45. The Labute approximate surface area is 122 Å². The molecule has 0 bridgehead atoms. The van der Waals surface area contributed by atoms with Crippen molar-refractivity contribution in [1.82, 2.24) is 15.0 Å². The summed E-state index contributed by atoms with van der Waals surface area (Å²) >= 11 is 5.35. The van der Waals surface area contributed by atoms with E-state index in [1.807, 2.05) is 12.3 Å². The average molecular weight is 281 g/mol.